The molecule has 18 heavy (non-hydrogen) atoms. The van der Waals surface area contributed by atoms with Crippen LogP contribution in [0.1, 0.15) is 18.5 Å². The third-order valence-corrected chi connectivity index (χ3v) is 2.99. The molecule has 96 valence electrons. The van der Waals surface area contributed by atoms with E-state index in [1.807, 2.05) is 38.2 Å². The fraction of sp³-hybridized carbons (Fsp3) is 0.357. The Labute approximate surface area is 107 Å². The number of rotatable bonds is 5. The largest absolute Gasteiger partial charge is 0.357 e. The van der Waals surface area contributed by atoms with Crippen LogP contribution < -0.4 is 10.6 Å². The second kappa shape index (κ2) is 5.69. The Hall–Kier alpha value is -1.81. The van der Waals surface area contributed by atoms with Crippen molar-refractivity contribution in [1.29, 1.82) is 0 Å². The molecule has 1 heterocycles. The SMILES string of the molecule is CNCCCC(=O)Nc1c(C)[nH]c2ccccc12. The molecule has 0 saturated heterocycles. The van der Waals surface area contributed by atoms with Gasteiger partial charge in [0.25, 0.3) is 0 Å². The first-order chi connectivity index (χ1) is 8.72. The first-order valence-corrected chi connectivity index (χ1v) is 6.24. The molecule has 0 atom stereocenters. The molecule has 4 heteroatoms. The highest BCUT2D eigenvalue weighted by Crippen LogP contribution is 2.26. The van der Waals surface area contributed by atoms with Crippen molar-refractivity contribution in [1.82, 2.24) is 10.3 Å². The second-order valence-corrected chi connectivity index (χ2v) is 4.43. The number of aromatic amines is 1. The molecule has 0 aliphatic rings. The zero-order chi connectivity index (χ0) is 13.0. The molecule has 1 amide bonds. The quantitative estimate of drug-likeness (QED) is 0.708. The maximum atomic E-state index is 11.8. The molecule has 1 aromatic carbocycles. The lowest BCUT2D eigenvalue weighted by molar-refractivity contribution is -0.116. The minimum Gasteiger partial charge on any atom is -0.357 e. The number of aryl methyl sites for hydroxylation is 1. The lowest BCUT2D eigenvalue weighted by Gasteiger charge is -2.05. The van der Waals surface area contributed by atoms with Gasteiger partial charge in [0.15, 0.2) is 0 Å². The number of benzene rings is 1. The zero-order valence-corrected chi connectivity index (χ0v) is 10.8. The molecule has 0 radical (unpaired) electrons. The Morgan fingerprint density at radius 3 is 2.89 bits per heavy atom. The van der Waals surface area contributed by atoms with Gasteiger partial charge in [0.1, 0.15) is 0 Å². The molecule has 2 rings (SSSR count). The van der Waals surface area contributed by atoms with Crippen LogP contribution in [0.5, 0.6) is 0 Å². The van der Waals surface area contributed by atoms with Crippen molar-refractivity contribution in [3.8, 4) is 0 Å². The minimum atomic E-state index is 0.0677. The summed E-state index contributed by atoms with van der Waals surface area (Å²) in [6.45, 7) is 2.84. The molecule has 0 unspecified atom stereocenters. The van der Waals surface area contributed by atoms with Gasteiger partial charge in [-0.15, -0.1) is 0 Å². The van der Waals surface area contributed by atoms with Gasteiger partial charge in [0, 0.05) is 23.0 Å². The van der Waals surface area contributed by atoms with Gasteiger partial charge in [-0.25, -0.2) is 0 Å². The second-order valence-electron chi connectivity index (χ2n) is 4.43. The highest BCUT2D eigenvalue weighted by atomic mass is 16.1. The summed E-state index contributed by atoms with van der Waals surface area (Å²) in [5.74, 6) is 0.0677. The van der Waals surface area contributed by atoms with E-state index in [2.05, 4.69) is 15.6 Å². The number of carbonyl (C=O) groups is 1. The van der Waals surface area contributed by atoms with Crippen LogP contribution >= 0.6 is 0 Å². The van der Waals surface area contributed by atoms with E-state index in [1.54, 1.807) is 0 Å². The molecule has 4 nitrogen and oxygen atoms in total. The van der Waals surface area contributed by atoms with Crippen LogP contribution in [0, 0.1) is 6.92 Å². The Morgan fingerprint density at radius 1 is 1.33 bits per heavy atom. The number of hydrogen-bond acceptors (Lipinski definition) is 2. The van der Waals surface area contributed by atoms with E-state index in [0.717, 1.165) is 35.2 Å². The van der Waals surface area contributed by atoms with Gasteiger partial charge in [-0.05, 0) is 33.0 Å². The average Bonchev–Trinajstić information content (AvgIpc) is 2.67. The van der Waals surface area contributed by atoms with Crippen molar-refractivity contribution in [2.45, 2.75) is 19.8 Å². The average molecular weight is 245 g/mol. The summed E-state index contributed by atoms with van der Waals surface area (Å²) in [7, 11) is 1.89. The first-order valence-electron chi connectivity index (χ1n) is 6.24. The molecule has 1 aromatic heterocycles. The molecule has 0 fully saturated rings. The van der Waals surface area contributed by atoms with Crippen molar-refractivity contribution in [3.05, 3.63) is 30.0 Å². The minimum absolute atomic E-state index is 0.0677. The summed E-state index contributed by atoms with van der Waals surface area (Å²) in [5, 5.41) is 7.10. The lowest BCUT2D eigenvalue weighted by Crippen LogP contribution is -2.15. The Kier molecular flexibility index (Phi) is 3.99. The van der Waals surface area contributed by atoms with Crippen LogP contribution in [-0.4, -0.2) is 24.5 Å². The third kappa shape index (κ3) is 2.71. The van der Waals surface area contributed by atoms with Gasteiger partial charge in [-0.2, -0.15) is 0 Å². The van der Waals surface area contributed by atoms with E-state index in [1.165, 1.54) is 0 Å². The summed E-state index contributed by atoms with van der Waals surface area (Å²) in [5.41, 5.74) is 2.96. The molecule has 0 saturated carbocycles. The standard InChI is InChI=1S/C14H19N3O/c1-10-14(17-13(18)8-5-9-15-2)11-6-3-4-7-12(11)16-10/h3-4,6-7,15-16H,5,8-9H2,1-2H3,(H,17,18). The maximum Gasteiger partial charge on any atom is 0.224 e. The van der Waals surface area contributed by atoms with Crippen LogP contribution in [-0.2, 0) is 4.79 Å². The predicted molar refractivity (Wildman–Crippen MR) is 74.8 cm³/mol. The number of hydrogen-bond donors (Lipinski definition) is 3. The number of nitrogens with one attached hydrogen (secondary N) is 3. The van der Waals surface area contributed by atoms with Gasteiger partial charge in [-0.1, -0.05) is 18.2 Å². The van der Waals surface area contributed by atoms with Gasteiger partial charge in [-0.3, -0.25) is 4.79 Å². The van der Waals surface area contributed by atoms with E-state index in [-0.39, 0.29) is 5.91 Å². The van der Waals surface area contributed by atoms with Gasteiger partial charge >= 0.3 is 0 Å². The molecule has 0 spiro atoms. The summed E-state index contributed by atoms with van der Waals surface area (Å²) < 4.78 is 0. The number of anilines is 1. The Bertz CT molecular complexity index is 545. The molecule has 0 bridgehead atoms. The van der Waals surface area contributed by atoms with Crippen LogP contribution in [0.4, 0.5) is 5.69 Å². The van der Waals surface area contributed by atoms with E-state index in [0.29, 0.717) is 6.42 Å². The van der Waals surface area contributed by atoms with Crippen molar-refractivity contribution >= 4 is 22.5 Å². The number of fused-ring (bicyclic) bond motifs is 1. The highest BCUT2D eigenvalue weighted by molar-refractivity contribution is 6.02. The summed E-state index contributed by atoms with van der Waals surface area (Å²) in [6.07, 6.45) is 1.39. The number of aromatic nitrogens is 1. The summed E-state index contributed by atoms with van der Waals surface area (Å²) in [6, 6.07) is 7.99. The fourth-order valence-electron chi connectivity index (χ4n) is 2.07. The third-order valence-electron chi connectivity index (χ3n) is 2.99. The van der Waals surface area contributed by atoms with Crippen LogP contribution in [0.2, 0.25) is 0 Å². The van der Waals surface area contributed by atoms with Crippen molar-refractivity contribution < 1.29 is 4.79 Å². The molecule has 2 aromatic rings. The number of para-hydroxylation sites is 1. The lowest BCUT2D eigenvalue weighted by atomic mass is 10.2. The normalized spacial score (nSPS) is 10.8. The predicted octanol–water partition coefficient (Wildman–Crippen LogP) is 2.41. The zero-order valence-electron chi connectivity index (χ0n) is 10.8. The summed E-state index contributed by atoms with van der Waals surface area (Å²) >= 11 is 0. The Balaban J connectivity index is 2.11. The number of carbonyl (C=O) groups excluding carboxylic acids is 1. The van der Waals surface area contributed by atoms with Crippen molar-refractivity contribution in [2.75, 3.05) is 18.9 Å². The fourth-order valence-corrected chi connectivity index (χ4v) is 2.07. The Morgan fingerprint density at radius 2 is 2.11 bits per heavy atom. The monoisotopic (exact) mass is 245 g/mol. The highest BCUT2D eigenvalue weighted by Gasteiger charge is 2.10. The molecule has 0 aliphatic carbocycles. The van der Waals surface area contributed by atoms with E-state index < -0.39 is 0 Å². The van der Waals surface area contributed by atoms with Crippen molar-refractivity contribution in [3.63, 3.8) is 0 Å². The first kappa shape index (κ1) is 12.6. The molecule has 0 aliphatic heterocycles. The molecular formula is C14H19N3O. The number of amides is 1. The molecule has 3 N–H and O–H groups in total. The van der Waals surface area contributed by atoms with Gasteiger partial charge < -0.3 is 15.6 Å². The maximum absolute atomic E-state index is 11.8. The van der Waals surface area contributed by atoms with Gasteiger partial charge in [0.2, 0.25) is 5.91 Å². The van der Waals surface area contributed by atoms with Crippen LogP contribution in [0.15, 0.2) is 24.3 Å². The van der Waals surface area contributed by atoms with Crippen LogP contribution in [0.3, 0.4) is 0 Å². The van der Waals surface area contributed by atoms with Crippen LogP contribution in [0.25, 0.3) is 10.9 Å². The van der Waals surface area contributed by atoms with Gasteiger partial charge in [0.05, 0.1) is 5.69 Å². The van der Waals surface area contributed by atoms with E-state index in [9.17, 15) is 4.79 Å². The summed E-state index contributed by atoms with van der Waals surface area (Å²) in [4.78, 5) is 15.1. The molecular weight excluding hydrogens is 226 g/mol. The smallest absolute Gasteiger partial charge is 0.224 e. The number of H-pyrrole nitrogens is 1. The topological polar surface area (TPSA) is 56.9 Å². The van der Waals surface area contributed by atoms with E-state index >= 15 is 0 Å². The van der Waals surface area contributed by atoms with Crippen molar-refractivity contribution in [2.24, 2.45) is 0 Å². The van der Waals surface area contributed by atoms with E-state index in [4.69, 9.17) is 0 Å².